The molecule has 140 valence electrons. The predicted molar refractivity (Wildman–Crippen MR) is 106 cm³/mol. The van der Waals surface area contributed by atoms with Gasteiger partial charge in [-0.3, -0.25) is 4.79 Å². The first kappa shape index (κ1) is 17.6. The molecule has 27 heavy (non-hydrogen) atoms. The molecular formula is C19H20N4O3S. The van der Waals surface area contributed by atoms with Gasteiger partial charge in [0.05, 0.1) is 10.6 Å². The van der Waals surface area contributed by atoms with Crippen molar-refractivity contribution in [1.29, 1.82) is 0 Å². The molecule has 1 saturated heterocycles. The van der Waals surface area contributed by atoms with Crippen molar-refractivity contribution in [3.05, 3.63) is 41.3 Å². The van der Waals surface area contributed by atoms with Crippen molar-refractivity contribution in [2.45, 2.75) is 18.9 Å². The summed E-state index contributed by atoms with van der Waals surface area (Å²) < 4.78 is 5.88. The second kappa shape index (κ2) is 7.42. The van der Waals surface area contributed by atoms with Gasteiger partial charge in [-0.05, 0) is 37.6 Å². The number of piperidine rings is 1. The van der Waals surface area contributed by atoms with Crippen LogP contribution in [0.5, 0.6) is 0 Å². The lowest BCUT2D eigenvalue weighted by molar-refractivity contribution is 0.0935. The molecule has 3 amide bonds. The first-order valence-corrected chi connectivity index (χ1v) is 9.62. The van der Waals surface area contributed by atoms with Crippen molar-refractivity contribution >= 4 is 39.9 Å². The molecule has 2 aromatic heterocycles. The van der Waals surface area contributed by atoms with Crippen LogP contribution in [0, 0.1) is 0 Å². The number of carbonyl (C=O) groups is 2. The van der Waals surface area contributed by atoms with Gasteiger partial charge < -0.3 is 26.1 Å². The van der Waals surface area contributed by atoms with Crippen LogP contribution in [0.3, 0.4) is 0 Å². The molecule has 0 spiro atoms. The van der Waals surface area contributed by atoms with Crippen LogP contribution in [0.15, 0.2) is 40.8 Å². The number of rotatable bonds is 4. The third-order valence-electron chi connectivity index (χ3n) is 4.50. The summed E-state index contributed by atoms with van der Waals surface area (Å²) >= 11 is 1.27. The Labute approximate surface area is 159 Å². The monoisotopic (exact) mass is 384 g/mol. The molecule has 0 bridgehead atoms. The van der Waals surface area contributed by atoms with E-state index in [1.54, 1.807) is 6.07 Å². The molecule has 1 aromatic carbocycles. The van der Waals surface area contributed by atoms with E-state index in [2.05, 4.69) is 16.0 Å². The smallest absolute Gasteiger partial charge is 0.316 e. The summed E-state index contributed by atoms with van der Waals surface area (Å²) in [5.41, 5.74) is 6.44. The van der Waals surface area contributed by atoms with Crippen molar-refractivity contribution in [1.82, 2.24) is 10.6 Å². The molecular weight excluding hydrogens is 364 g/mol. The Kier molecular flexibility index (Phi) is 4.83. The van der Waals surface area contributed by atoms with Gasteiger partial charge in [0.15, 0.2) is 0 Å². The first-order valence-electron chi connectivity index (χ1n) is 8.81. The lowest BCUT2D eigenvalue weighted by Gasteiger charge is -2.23. The van der Waals surface area contributed by atoms with E-state index in [0.29, 0.717) is 16.3 Å². The Morgan fingerprint density at radius 3 is 2.85 bits per heavy atom. The Bertz CT molecular complexity index is 955. The Morgan fingerprint density at radius 2 is 2.11 bits per heavy atom. The van der Waals surface area contributed by atoms with E-state index in [1.807, 2.05) is 30.3 Å². The number of carbonyl (C=O) groups excluding carboxylic acids is 2. The highest BCUT2D eigenvalue weighted by Crippen LogP contribution is 2.37. The lowest BCUT2D eigenvalue weighted by Crippen LogP contribution is -2.45. The number of nitrogens with one attached hydrogen (secondary N) is 3. The number of furan rings is 1. The summed E-state index contributed by atoms with van der Waals surface area (Å²) in [5.74, 6) is 0.423. The minimum absolute atomic E-state index is 0.0735. The van der Waals surface area contributed by atoms with Gasteiger partial charge in [0.2, 0.25) is 0 Å². The average molecular weight is 384 g/mol. The van der Waals surface area contributed by atoms with Crippen LogP contribution in [-0.4, -0.2) is 31.1 Å². The number of primary amides is 1. The standard InChI is InChI=1S/C19H20N4O3S/c20-19(25)23-13-9-16(15-8-11-4-1-2-6-14(11)26-15)27-17(13)18(24)22-12-5-3-7-21-10-12/h1-2,4,6,8-9,12,21H,3,5,7,10H2,(H,22,24)(H3,20,23,25)/t12-/m0/s1. The zero-order chi connectivity index (χ0) is 18.8. The molecule has 3 aromatic rings. The molecule has 1 atom stereocenters. The number of fused-ring (bicyclic) bond motifs is 1. The SMILES string of the molecule is NC(=O)Nc1cc(-c2cc3ccccc3o2)sc1C(=O)N[C@H]1CCCNC1. The maximum Gasteiger partial charge on any atom is 0.316 e. The summed E-state index contributed by atoms with van der Waals surface area (Å²) in [6.07, 6.45) is 1.95. The number of thiophene rings is 1. The molecule has 0 saturated carbocycles. The molecule has 1 aliphatic heterocycles. The van der Waals surface area contributed by atoms with E-state index in [-0.39, 0.29) is 11.9 Å². The second-order valence-corrected chi connectivity index (χ2v) is 7.56. The normalized spacial score (nSPS) is 17.0. The van der Waals surface area contributed by atoms with E-state index >= 15 is 0 Å². The summed E-state index contributed by atoms with van der Waals surface area (Å²) in [5, 5.41) is 9.82. The number of para-hydroxylation sites is 1. The fraction of sp³-hybridized carbons (Fsp3) is 0.263. The number of benzene rings is 1. The van der Waals surface area contributed by atoms with Crippen molar-refractivity contribution in [2.75, 3.05) is 18.4 Å². The molecule has 4 rings (SSSR count). The van der Waals surface area contributed by atoms with E-state index in [9.17, 15) is 9.59 Å². The van der Waals surface area contributed by atoms with Gasteiger partial charge in [-0.15, -0.1) is 11.3 Å². The topological polar surface area (TPSA) is 109 Å². The fourth-order valence-electron chi connectivity index (χ4n) is 3.24. The van der Waals surface area contributed by atoms with Crippen LogP contribution in [0.4, 0.5) is 10.5 Å². The molecule has 3 heterocycles. The van der Waals surface area contributed by atoms with Crippen LogP contribution in [0.25, 0.3) is 21.6 Å². The van der Waals surface area contributed by atoms with Crippen LogP contribution >= 0.6 is 11.3 Å². The number of anilines is 1. The van der Waals surface area contributed by atoms with E-state index in [1.165, 1.54) is 11.3 Å². The summed E-state index contributed by atoms with van der Waals surface area (Å²) in [4.78, 5) is 25.3. The van der Waals surface area contributed by atoms with Crippen molar-refractivity contribution in [2.24, 2.45) is 5.73 Å². The van der Waals surface area contributed by atoms with Gasteiger partial charge in [-0.2, -0.15) is 0 Å². The zero-order valence-electron chi connectivity index (χ0n) is 14.6. The Balaban J connectivity index is 1.65. The van der Waals surface area contributed by atoms with Gasteiger partial charge in [0.25, 0.3) is 5.91 Å². The fourth-order valence-corrected chi connectivity index (χ4v) is 4.21. The number of nitrogens with two attached hydrogens (primary N) is 1. The van der Waals surface area contributed by atoms with Crippen molar-refractivity contribution in [3.63, 3.8) is 0 Å². The van der Waals surface area contributed by atoms with Crippen LogP contribution in [0.1, 0.15) is 22.5 Å². The van der Waals surface area contributed by atoms with Crippen molar-refractivity contribution < 1.29 is 14.0 Å². The molecule has 1 aliphatic rings. The molecule has 5 N–H and O–H groups in total. The molecule has 1 fully saturated rings. The number of amides is 3. The van der Waals surface area contributed by atoms with Crippen molar-refractivity contribution in [3.8, 4) is 10.6 Å². The molecule has 0 unspecified atom stereocenters. The highest BCUT2D eigenvalue weighted by Gasteiger charge is 2.23. The van der Waals surface area contributed by atoms with Crippen LogP contribution in [-0.2, 0) is 0 Å². The maximum atomic E-state index is 12.8. The van der Waals surface area contributed by atoms with Crippen LogP contribution in [0.2, 0.25) is 0 Å². The van der Waals surface area contributed by atoms with Gasteiger partial charge in [-0.25, -0.2) is 4.79 Å². The summed E-state index contributed by atoms with van der Waals surface area (Å²) in [7, 11) is 0. The molecule has 0 aliphatic carbocycles. The van der Waals surface area contributed by atoms with Gasteiger partial charge in [0.1, 0.15) is 16.2 Å². The first-order chi connectivity index (χ1) is 13.1. The summed E-state index contributed by atoms with van der Waals surface area (Å²) in [6.45, 7) is 1.71. The third-order valence-corrected chi connectivity index (χ3v) is 5.65. The highest BCUT2D eigenvalue weighted by atomic mass is 32.1. The largest absolute Gasteiger partial charge is 0.455 e. The maximum absolute atomic E-state index is 12.8. The second-order valence-electron chi connectivity index (χ2n) is 6.51. The van der Waals surface area contributed by atoms with Gasteiger partial charge >= 0.3 is 6.03 Å². The highest BCUT2D eigenvalue weighted by molar-refractivity contribution is 7.18. The van der Waals surface area contributed by atoms with Gasteiger partial charge in [0, 0.05) is 18.0 Å². The number of hydrogen-bond acceptors (Lipinski definition) is 5. The summed E-state index contributed by atoms with van der Waals surface area (Å²) in [6, 6.07) is 10.7. The molecule has 0 radical (unpaired) electrons. The van der Waals surface area contributed by atoms with E-state index < -0.39 is 6.03 Å². The molecule has 8 heteroatoms. The van der Waals surface area contributed by atoms with E-state index in [4.69, 9.17) is 10.2 Å². The molecule has 7 nitrogen and oxygen atoms in total. The van der Waals surface area contributed by atoms with Crippen LogP contribution < -0.4 is 21.7 Å². The lowest BCUT2D eigenvalue weighted by atomic mass is 10.1. The zero-order valence-corrected chi connectivity index (χ0v) is 15.4. The predicted octanol–water partition coefficient (Wildman–Crippen LogP) is 3.13. The quantitative estimate of drug-likeness (QED) is 0.554. The third kappa shape index (κ3) is 3.81. The average Bonchev–Trinajstić information content (AvgIpc) is 3.26. The number of urea groups is 1. The Morgan fingerprint density at radius 1 is 1.26 bits per heavy atom. The Hall–Kier alpha value is -2.84. The minimum atomic E-state index is -0.711. The number of hydrogen-bond donors (Lipinski definition) is 4. The van der Waals surface area contributed by atoms with E-state index in [0.717, 1.165) is 41.8 Å². The van der Waals surface area contributed by atoms with Gasteiger partial charge in [-0.1, -0.05) is 18.2 Å². The minimum Gasteiger partial charge on any atom is -0.455 e.